The standard InChI is InChI=1S/C60H36S16/c1-61-53-54(62-2)66-47(65-53)41-29-17-5-9-21-33(29)43(34-22-10-6-18-30(34)41)49-69-57-58(70-49)74-51(73-57)45-37-25-13-15-27-39(37)46(40-28-16-14-26-38(40)45)52-75-59-60(76-52)72-50(71-59)44-35-23-11-7-19-31(35)42(32-20-8-12-24-36(32)44)48-67-55(63-3)56(64-4)68-48/h5-28H,1-4H3. The van der Waals surface area contributed by atoms with E-state index < -0.39 is 0 Å². The third-order valence-electron chi connectivity index (χ3n) is 13.7. The molecule has 16 heteroatoms. The molecule has 0 saturated carbocycles. The van der Waals surface area contributed by atoms with Gasteiger partial charge in [0.05, 0.1) is 59.3 Å². The summed E-state index contributed by atoms with van der Waals surface area (Å²) in [5, 5.41) is 24.2. The van der Waals surface area contributed by atoms with Crippen LogP contribution in [0.25, 0.3) is 90.1 Å². The fourth-order valence-electron chi connectivity index (χ4n) is 10.5. The summed E-state index contributed by atoms with van der Waals surface area (Å²) in [4.78, 5) is 0. The van der Waals surface area contributed by atoms with Gasteiger partial charge in [-0.1, -0.05) is 287 Å². The molecule has 15 rings (SSSR count). The zero-order valence-electron chi connectivity index (χ0n) is 40.4. The van der Waals surface area contributed by atoms with E-state index in [1.165, 1.54) is 155 Å². The minimum absolute atomic E-state index is 1.33. The molecule has 0 nitrogen and oxygen atoms in total. The van der Waals surface area contributed by atoms with Gasteiger partial charge in [0, 0.05) is 31.3 Å². The SMILES string of the molecule is CSC1=C(SC)SC(=c2c3ccccc3c(=C3SC4=C(S3)SC(=c3c5ccccc5c(=C5SC6=C(SC(=c7c8ccccc8c(=C8SC(SC)=C(SC)S8)c8ccccc78)S6)S5)c5ccccc35)S4)c3ccccc23)S1. The van der Waals surface area contributed by atoms with Crippen molar-refractivity contribution in [3.63, 3.8) is 0 Å². The normalized spacial score (nSPS) is 18.0. The lowest BCUT2D eigenvalue weighted by Crippen LogP contribution is -2.17. The van der Waals surface area contributed by atoms with Crippen LogP contribution >= 0.6 is 188 Å². The third kappa shape index (κ3) is 8.48. The highest BCUT2D eigenvalue weighted by Crippen LogP contribution is 2.69. The quantitative estimate of drug-likeness (QED) is 0.153. The smallest absolute Gasteiger partial charge is 0.0717 e. The molecule has 9 aromatic carbocycles. The maximum absolute atomic E-state index is 2.37. The van der Waals surface area contributed by atoms with E-state index in [0.717, 1.165) is 0 Å². The van der Waals surface area contributed by atoms with Gasteiger partial charge in [-0.05, 0) is 89.7 Å². The molecule has 9 aromatic rings. The van der Waals surface area contributed by atoms with Crippen LogP contribution in [0.4, 0.5) is 0 Å². The summed E-state index contributed by atoms with van der Waals surface area (Å²) in [7, 11) is 0. The van der Waals surface area contributed by atoms with Gasteiger partial charge in [-0.2, -0.15) is 0 Å². The summed E-state index contributed by atoms with van der Waals surface area (Å²) in [6.07, 6.45) is 8.82. The van der Waals surface area contributed by atoms with Crippen molar-refractivity contribution in [2.75, 3.05) is 25.0 Å². The molecule has 0 radical (unpaired) electrons. The van der Waals surface area contributed by atoms with Crippen molar-refractivity contribution in [3.8, 4) is 0 Å². The molecule has 0 unspecified atom stereocenters. The van der Waals surface area contributed by atoms with Crippen LogP contribution in [0, 0.1) is 0 Å². The minimum Gasteiger partial charge on any atom is -0.121 e. The highest BCUT2D eigenvalue weighted by Gasteiger charge is 2.35. The van der Waals surface area contributed by atoms with Gasteiger partial charge in [-0.3, -0.25) is 0 Å². The van der Waals surface area contributed by atoms with Crippen LogP contribution in [0.2, 0.25) is 0 Å². The van der Waals surface area contributed by atoms with Gasteiger partial charge in [0.15, 0.2) is 0 Å². The molecule has 0 fully saturated rings. The minimum atomic E-state index is 1.33. The first-order chi connectivity index (χ1) is 37.5. The molecule has 0 amide bonds. The van der Waals surface area contributed by atoms with E-state index in [1.54, 1.807) is 0 Å². The van der Waals surface area contributed by atoms with Gasteiger partial charge >= 0.3 is 0 Å². The predicted octanol–water partition coefficient (Wildman–Crippen LogP) is 19.2. The zero-order chi connectivity index (χ0) is 50.8. The van der Waals surface area contributed by atoms with Crippen LogP contribution in [0.3, 0.4) is 0 Å². The first-order valence-corrected chi connectivity index (χ1v) is 38.5. The second-order valence-corrected chi connectivity index (χ2v) is 36.7. The fourth-order valence-corrected chi connectivity index (χ4v) is 34.0. The zero-order valence-corrected chi connectivity index (χ0v) is 53.5. The average Bonchev–Trinajstić information content (AvgIpc) is 4.37. The number of hydrogen-bond donors (Lipinski definition) is 0. The van der Waals surface area contributed by atoms with Gasteiger partial charge in [0.1, 0.15) is 0 Å². The Bertz CT molecular complexity index is 4140. The second-order valence-electron chi connectivity index (χ2n) is 17.6. The first kappa shape index (κ1) is 51.2. The molecule has 6 heterocycles. The largest absolute Gasteiger partial charge is 0.121 e. The Kier molecular flexibility index (Phi) is 14.3. The van der Waals surface area contributed by atoms with Gasteiger partial charge in [-0.25, -0.2) is 0 Å². The van der Waals surface area contributed by atoms with Crippen LogP contribution in [-0.4, -0.2) is 25.0 Å². The third-order valence-corrected chi connectivity index (χ3v) is 35.4. The number of fused-ring (bicyclic) bond motifs is 6. The van der Waals surface area contributed by atoms with Crippen LogP contribution < -0.4 is 31.3 Å². The van der Waals surface area contributed by atoms with E-state index in [9.17, 15) is 0 Å². The Morgan fingerprint density at radius 2 is 0.316 bits per heavy atom. The Labute approximate surface area is 507 Å². The first-order valence-electron chi connectivity index (χ1n) is 23.8. The van der Waals surface area contributed by atoms with Gasteiger partial charge < -0.3 is 0 Å². The van der Waals surface area contributed by atoms with Crippen molar-refractivity contribution in [2.24, 2.45) is 0 Å². The molecule has 0 aromatic heterocycles. The van der Waals surface area contributed by atoms with Crippen molar-refractivity contribution >= 4 is 278 Å². The maximum Gasteiger partial charge on any atom is 0.0717 e. The van der Waals surface area contributed by atoms with E-state index in [-0.39, 0.29) is 0 Å². The summed E-state index contributed by atoms with van der Waals surface area (Å²) in [5.74, 6) is 0. The lowest BCUT2D eigenvalue weighted by molar-refractivity contribution is 1.69. The number of thioether (sulfide) groups is 16. The second kappa shape index (κ2) is 21.3. The molecule has 0 aliphatic carbocycles. The van der Waals surface area contributed by atoms with E-state index in [2.05, 4.69) is 171 Å². The molecular weight excluding hydrogens is 1230 g/mol. The molecule has 76 heavy (non-hydrogen) atoms. The van der Waals surface area contributed by atoms with E-state index in [1.807, 2.05) is 188 Å². The lowest BCUT2D eigenvalue weighted by Gasteiger charge is -2.13. The Morgan fingerprint density at radius 3 is 0.447 bits per heavy atom. The molecule has 6 aliphatic heterocycles. The fraction of sp³-hybridized carbons (Fsp3) is 0.0667. The molecule has 372 valence electrons. The van der Waals surface area contributed by atoms with Gasteiger partial charge in [0.2, 0.25) is 0 Å². The highest BCUT2D eigenvalue weighted by atomic mass is 32.3. The molecule has 0 spiro atoms. The van der Waals surface area contributed by atoms with Crippen molar-refractivity contribution in [3.05, 3.63) is 211 Å². The van der Waals surface area contributed by atoms with Crippen molar-refractivity contribution in [1.82, 2.24) is 0 Å². The van der Waals surface area contributed by atoms with Gasteiger partial charge in [0.25, 0.3) is 0 Å². The van der Waals surface area contributed by atoms with Crippen molar-refractivity contribution in [2.45, 2.75) is 0 Å². The van der Waals surface area contributed by atoms with Crippen LogP contribution in [-0.2, 0) is 0 Å². The molecule has 0 bridgehead atoms. The van der Waals surface area contributed by atoms with Crippen LogP contribution in [0.1, 0.15) is 0 Å². The summed E-state index contributed by atoms with van der Waals surface area (Å²) >= 11 is 31.1. The number of rotatable bonds is 4. The number of hydrogen-bond acceptors (Lipinski definition) is 16. The highest BCUT2D eigenvalue weighted by molar-refractivity contribution is 8.55. The number of benzene rings is 9. The monoisotopic (exact) mass is 1270 g/mol. The summed E-state index contributed by atoms with van der Waals surface area (Å²) in [5.41, 5.74) is 0. The molecule has 0 N–H and O–H groups in total. The van der Waals surface area contributed by atoms with Gasteiger partial charge in [-0.15, -0.1) is 47.0 Å². The summed E-state index contributed by atoms with van der Waals surface area (Å²) < 4.78 is 19.5. The predicted molar refractivity (Wildman–Crippen MR) is 376 cm³/mol. The van der Waals surface area contributed by atoms with Crippen molar-refractivity contribution in [1.29, 1.82) is 0 Å². The van der Waals surface area contributed by atoms with E-state index >= 15 is 0 Å². The molecular formula is C60H36S16. The Morgan fingerprint density at radius 1 is 0.184 bits per heavy atom. The Balaban J connectivity index is 0.815. The van der Waals surface area contributed by atoms with E-state index in [0.29, 0.717) is 0 Å². The van der Waals surface area contributed by atoms with E-state index in [4.69, 9.17) is 0 Å². The molecule has 6 aliphatic rings. The van der Waals surface area contributed by atoms with Crippen LogP contribution in [0.15, 0.2) is 179 Å². The lowest BCUT2D eigenvalue weighted by atomic mass is 9.99. The van der Waals surface area contributed by atoms with Crippen LogP contribution in [0.5, 0.6) is 0 Å². The molecule has 0 saturated heterocycles. The average molecular weight is 1270 g/mol. The maximum atomic E-state index is 2.37. The summed E-state index contributed by atoms with van der Waals surface area (Å²) in [6, 6.07) is 55.0. The summed E-state index contributed by atoms with van der Waals surface area (Å²) in [6.45, 7) is 0. The molecule has 0 atom stereocenters. The topological polar surface area (TPSA) is 0 Å². The Hall–Kier alpha value is -1.68. The van der Waals surface area contributed by atoms with Crippen molar-refractivity contribution < 1.29 is 0 Å².